The van der Waals surface area contributed by atoms with E-state index in [0.29, 0.717) is 0 Å². The van der Waals surface area contributed by atoms with Crippen molar-refractivity contribution in [3.8, 4) is 0 Å². The summed E-state index contributed by atoms with van der Waals surface area (Å²) in [6.45, 7) is 0.307. The van der Waals surface area contributed by atoms with Gasteiger partial charge in [0.1, 0.15) is 6.04 Å². The van der Waals surface area contributed by atoms with Crippen molar-refractivity contribution < 1.29 is 19.8 Å². The molecular weight excluding hydrogens is 250 g/mol. The number of amides is 2. The molecule has 1 aromatic rings. The molecule has 1 aromatic heterocycles. The smallest absolute Gasteiger partial charge is 0.326 e. The number of carboxylic acids is 1. The van der Waals surface area contributed by atoms with Gasteiger partial charge in [-0.25, -0.2) is 9.59 Å². The summed E-state index contributed by atoms with van der Waals surface area (Å²) in [7, 11) is 0. The number of aromatic nitrogens is 1. The largest absolute Gasteiger partial charge is 0.480 e. The zero-order valence-electron chi connectivity index (χ0n) is 10.2. The van der Waals surface area contributed by atoms with Gasteiger partial charge in [-0.3, -0.25) is 4.98 Å². The zero-order chi connectivity index (χ0) is 13.8. The number of nitrogens with zero attached hydrogens (tertiary/aromatic N) is 2. The van der Waals surface area contributed by atoms with E-state index >= 15 is 0 Å². The first-order valence-corrected chi connectivity index (χ1v) is 5.92. The van der Waals surface area contributed by atoms with E-state index in [1.54, 1.807) is 24.5 Å². The molecule has 0 aliphatic carbocycles. The number of rotatable bonds is 3. The number of likely N-dealkylation sites (tertiary alicyclic amines) is 1. The van der Waals surface area contributed by atoms with Crippen molar-refractivity contribution in [1.29, 1.82) is 0 Å². The lowest BCUT2D eigenvalue weighted by atomic mass is 10.2. The van der Waals surface area contributed by atoms with Gasteiger partial charge < -0.3 is 20.4 Å². The Morgan fingerprint density at radius 1 is 1.53 bits per heavy atom. The Morgan fingerprint density at radius 3 is 2.95 bits per heavy atom. The van der Waals surface area contributed by atoms with Crippen LogP contribution >= 0.6 is 0 Å². The van der Waals surface area contributed by atoms with E-state index in [1.807, 2.05) is 0 Å². The molecule has 2 rings (SSSR count). The number of hydrogen-bond donors (Lipinski definition) is 3. The van der Waals surface area contributed by atoms with E-state index in [4.69, 9.17) is 5.11 Å². The first kappa shape index (κ1) is 13.3. The third-order valence-corrected chi connectivity index (χ3v) is 2.99. The standard InChI is InChI=1S/C12H15N3O4/c16-9-4-10(11(17)18)15(7-9)12(19)14-6-8-2-1-3-13-5-8/h1-3,5,9-10,16H,4,6-7H2,(H,14,19)(H,17,18)/t9-,10-/m1/s1. The molecule has 7 nitrogen and oxygen atoms in total. The van der Waals surface area contributed by atoms with Crippen molar-refractivity contribution in [2.75, 3.05) is 6.54 Å². The van der Waals surface area contributed by atoms with Gasteiger partial charge in [0.05, 0.1) is 6.10 Å². The first-order valence-electron chi connectivity index (χ1n) is 5.92. The fraction of sp³-hybridized carbons (Fsp3) is 0.417. The lowest BCUT2D eigenvalue weighted by Gasteiger charge is -2.21. The van der Waals surface area contributed by atoms with Crippen LogP contribution < -0.4 is 5.32 Å². The summed E-state index contributed by atoms with van der Waals surface area (Å²) in [6, 6.07) is 2.10. The Bertz CT molecular complexity index is 465. The topological polar surface area (TPSA) is 103 Å². The molecule has 0 spiro atoms. The van der Waals surface area contributed by atoms with E-state index < -0.39 is 24.1 Å². The summed E-state index contributed by atoms with van der Waals surface area (Å²) in [5, 5.41) is 21.1. The van der Waals surface area contributed by atoms with Crippen LogP contribution in [0.2, 0.25) is 0 Å². The van der Waals surface area contributed by atoms with Crippen LogP contribution in [0.25, 0.3) is 0 Å². The monoisotopic (exact) mass is 265 g/mol. The fourth-order valence-electron chi connectivity index (χ4n) is 2.05. The molecule has 0 aromatic carbocycles. The van der Waals surface area contributed by atoms with Gasteiger partial charge in [-0.2, -0.15) is 0 Å². The molecule has 2 amide bonds. The number of aliphatic hydroxyl groups is 1. The summed E-state index contributed by atoms with van der Waals surface area (Å²) >= 11 is 0. The average Bonchev–Trinajstić information content (AvgIpc) is 2.79. The van der Waals surface area contributed by atoms with E-state index in [1.165, 1.54) is 0 Å². The number of nitrogens with one attached hydrogen (secondary N) is 1. The Hall–Kier alpha value is -2.15. The molecule has 1 aliphatic heterocycles. The Kier molecular flexibility index (Phi) is 3.96. The van der Waals surface area contributed by atoms with Gasteiger partial charge in [0, 0.05) is 31.9 Å². The van der Waals surface area contributed by atoms with Crippen LogP contribution in [0.4, 0.5) is 4.79 Å². The van der Waals surface area contributed by atoms with Crippen LogP contribution in [0.1, 0.15) is 12.0 Å². The van der Waals surface area contributed by atoms with Crippen molar-refractivity contribution >= 4 is 12.0 Å². The molecule has 0 radical (unpaired) electrons. The number of aliphatic carboxylic acids is 1. The van der Waals surface area contributed by atoms with Gasteiger partial charge in [0.25, 0.3) is 0 Å². The third kappa shape index (κ3) is 3.19. The molecule has 2 heterocycles. The molecule has 0 saturated carbocycles. The van der Waals surface area contributed by atoms with Gasteiger partial charge in [0.15, 0.2) is 0 Å². The summed E-state index contributed by atoms with van der Waals surface area (Å²) in [6.07, 6.45) is 2.52. The molecule has 7 heteroatoms. The van der Waals surface area contributed by atoms with Crippen LogP contribution in [0.3, 0.4) is 0 Å². The van der Waals surface area contributed by atoms with E-state index in [0.717, 1.165) is 10.5 Å². The number of pyridine rings is 1. The highest BCUT2D eigenvalue weighted by Crippen LogP contribution is 2.18. The van der Waals surface area contributed by atoms with Crippen molar-refractivity contribution in [3.05, 3.63) is 30.1 Å². The Morgan fingerprint density at radius 2 is 2.32 bits per heavy atom. The minimum atomic E-state index is -1.10. The minimum absolute atomic E-state index is 0.0375. The zero-order valence-corrected chi connectivity index (χ0v) is 10.2. The predicted octanol–water partition coefficient (Wildman–Crippen LogP) is -0.189. The van der Waals surface area contributed by atoms with Crippen LogP contribution in [-0.4, -0.2) is 50.8 Å². The molecule has 1 saturated heterocycles. The second kappa shape index (κ2) is 5.66. The van der Waals surface area contributed by atoms with Crippen molar-refractivity contribution in [2.45, 2.75) is 25.1 Å². The summed E-state index contributed by atoms with van der Waals surface area (Å²) in [5.74, 6) is -1.10. The first-order chi connectivity index (χ1) is 9.08. The minimum Gasteiger partial charge on any atom is -0.480 e. The lowest BCUT2D eigenvalue weighted by Crippen LogP contribution is -2.45. The van der Waals surface area contributed by atoms with Crippen molar-refractivity contribution in [3.63, 3.8) is 0 Å². The number of hydrogen-bond acceptors (Lipinski definition) is 4. The van der Waals surface area contributed by atoms with Gasteiger partial charge in [0.2, 0.25) is 0 Å². The van der Waals surface area contributed by atoms with E-state index in [-0.39, 0.29) is 19.5 Å². The summed E-state index contributed by atoms with van der Waals surface area (Å²) < 4.78 is 0. The number of urea groups is 1. The quantitative estimate of drug-likeness (QED) is 0.703. The summed E-state index contributed by atoms with van der Waals surface area (Å²) in [5.41, 5.74) is 0.822. The molecule has 1 aliphatic rings. The van der Waals surface area contributed by atoms with Crippen LogP contribution in [0.5, 0.6) is 0 Å². The molecule has 102 valence electrons. The highest BCUT2D eigenvalue weighted by molar-refractivity contribution is 5.83. The van der Waals surface area contributed by atoms with Crippen LogP contribution in [0.15, 0.2) is 24.5 Å². The molecule has 1 fully saturated rings. The van der Waals surface area contributed by atoms with Gasteiger partial charge in [-0.1, -0.05) is 6.07 Å². The molecule has 0 bridgehead atoms. The third-order valence-electron chi connectivity index (χ3n) is 2.99. The van der Waals surface area contributed by atoms with Gasteiger partial charge in [-0.15, -0.1) is 0 Å². The number of β-amino-alcohol motifs (C(OH)–C–C–N with tert-alkyl or cyclic N) is 1. The molecule has 19 heavy (non-hydrogen) atoms. The number of aliphatic hydroxyl groups excluding tert-OH is 1. The van der Waals surface area contributed by atoms with Crippen LogP contribution in [0, 0.1) is 0 Å². The maximum Gasteiger partial charge on any atom is 0.326 e. The van der Waals surface area contributed by atoms with Crippen molar-refractivity contribution in [2.24, 2.45) is 0 Å². The fourth-order valence-corrected chi connectivity index (χ4v) is 2.05. The second-order valence-corrected chi connectivity index (χ2v) is 4.42. The molecule has 2 atom stereocenters. The second-order valence-electron chi connectivity index (χ2n) is 4.42. The number of carbonyl (C=O) groups is 2. The lowest BCUT2D eigenvalue weighted by molar-refractivity contribution is -0.141. The molecule has 3 N–H and O–H groups in total. The summed E-state index contributed by atoms with van der Waals surface area (Å²) in [4.78, 5) is 28.0. The molecular formula is C12H15N3O4. The predicted molar refractivity (Wildman–Crippen MR) is 65.2 cm³/mol. The SMILES string of the molecule is O=C(O)[C@H]1C[C@@H](O)CN1C(=O)NCc1cccnc1. The maximum atomic E-state index is 11.9. The number of carbonyl (C=O) groups excluding carboxylic acids is 1. The normalized spacial score (nSPS) is 22.3. The Labute approximate surface area is 109 Å². The van der Waals surface area contributed by atoms with E-state index in [2.05, 4.69) is 10.3 Å². The Balaban J connectivity index is 1.94. The van der Waals surface area contributed by atoms with Gasteiger partial charge >= 0.3 is 12.0 Å². The van der Waals surface area contributed by atoms with Gasteiger partial charge in [-0.05, 0) is 11.6 Å². The van der Waals surface area contributed by atoms with Crippen molar-refractivity contribution in [1.82, 2.24) is 15.2 Å². The highest BCUT2D eigenvalue weighted by Gasteiger charge is 2.38. The van der Waals surface area contributed by atoms with E-state index in [9.17, 15) is 14.7 Å². The maximum absolute atomic E-state index is 11.9. The highest BCUT2D eigenvalue weighted by atomic mass is 16.4. The van der Waals surface area contributed by atoms with Crippen LogP contribution in [-0.2, 0) is 11.3 Å². The average molecular weight is 265 g/mol. The molecule has 0 unspecified atom stereocenters. The number of carboxylic acid groups (broad SMARTS) is 1.